The number of aromatic nitrogens is 2. The quantitative estimate of drug-likeness (QED) is 0.766. The summed E-state index contributed by atoms with van der Waals surface area (Å²) in [6.45, 7) is 0.697. The Morgan fingerprint density at radius 3 is 2.96 bits per heavy atom. The molecule has 0 spiro atoms. The smallest absolute Gasteiger partial charge is 0.220 e. The third-order valence-corrected chi connectivity index (χ3v) is 4.55. The zero-order valence-corrected chi connectivity index (χ0v) is 14.0. The van der Waals surface area contributed by atoms with Crippen LogP contribution < -0.4 is 10.1 Å². The zero-order valence-electron chi connectivity index (χ0n) is 14.0. The number of carbonyl (C=O) groups is 1. The first-order chi connectivity index (χ1) is 12.3. The highest BCUT2D eigenvalue weighted by Crippen LogP contribution is 2.31. The number of rotatable bonds is 4. The summed E-state index contributed by atoms with van der Waals surface area (Å²) in [5.74, 6) is 1.77. The molecule has 1 aliphatic heterocycles. The third kappa shape index (κ3) is 3.50. The Balaban J connectivity index is 1.40. The predicted molar refractivity (Wildman–Crippen MR) is 96.5 cm³/mol. The summed E-state index contributed by atoms with van der Waals surface area (Å²) >= 11 is 0. The van der Waals surface area contributed by atoms with Crippen molar-refractivity contribution in [3.8, 4) is 5.75 Å². The Labute approximate surface area is 146 Å². The zero-order chi connectivity index (χ0) is 17.1. The van der Waals surface area contributed by atoms with Gasteiger partial charge in [-0.05, 0) is 31.0 Å². The number of para-hydroxylation sites is 3. The molecule has 4 rings (SSSR count). The second kappa shape index (κ2) is 6.97. The summed E-state index contributed by atoms with van der Waals surface area (Å²) in [5.41, 5.74) is 3.01. The molecule has 0 aliphatic carbocycles. The highest BCUT2D eigenvalue weighted by atomic mass is 16.5. The first-order valence-electron chi connectivity index (χ1n) is 8.74. The summed E-state index contributed by atoms with van der Waals surface area (Å²) in [7, 11) is 0. The van der Waals surface area contributed by atoms with Gasteiger partial charge in [0.25, 0.3) is 0 Å². The largest absolute Gasteiger partial charge is 0.493 e. The summed E-state index contributed by atoms with van der Waals surface area (Å²) in [6.07, 6.45) is 2.85. The van der Waals surface area contributed by atoms with Gasteiger partial charge < -0.3 is 15.0 Å². The number of hydrogen-bond donors (Lipinski definition) is 2. The molecule has 5 heteroatoms. The van der Waals surface area contributed by atoms with E-state index in [9.17, 15) is 4.79 Å². The molecule has 0 radical (unpaired) electrons. The number of fused-ring (bicyclic) bond motifs is 2. The first-order valence-corrected chi connectivity index (χ1v) is 8.74. The topological polar surface area (TPSA) is 67.0 Å². The lowest BCUT2D eigenvalue weighted by Crippen LogP contribution is -2.28. The standard InChI is InChI=1S/C20H21N3O2/c24-20(12-11-19-21-16-7-2-3-8-17(16)22-19)23-15-9-5-13-25-18-10-4-1-6-14(15)18/h1-4,6-8,10,15H,5,9,11-13H2,(H,21,22)(H,23,24)/t15-/m0/s1. The minimum Gasteiger partial charge on any atom is -0.493 e. The SMILES string of the molecule is O=C(CCc1nc2ccccc2[nH]1)N[C@H]1CCCOc2ccccc21. The van der Waals surface area contributed by atoms with Gasteiger partial charge in [0.1, 0.15) is 11.6 Å². The number of H-pyrrole nitrogens is 1. The van der Waals surface area contributed by atoms with Gasteiger partial charge in [0.2, 0.25) is 5.91 Å². The molecule has 0 saturated carbocycles. The van der Waals surface area contributed by atoms with Crippen LogP contribution in [0, 0.1) is 0 Å². The van der Waals surface area contributed by atoms with Crippen LogP contribution in [0.25, 0.3) is 11.0 Å². The fourth-order valence-corrected chi connectivity index (χ4v) is 3.30. The fourth-order valence-electron chi connectivity index (χ4n) is 3.30. The molecular formula is C20H21N3O2. The van der Waals surface area contributed by atoms with Crippen molar-refractivity contribution < 1.29 is 9.53 Å². The van der Waals surface area contributed by atoms with Crippen molar-refractivity contribution in [2.75, 3.05) is 6.61 Å². The Morgan fingerprint density at radius 2 is 2.04 bits per heavy atom. The number of benzene rings is 2. The van der Waals surface area contributed by atoms with Crippen molar-refractivity contribution in [3.05, 3.63) is 59.9 Å². The Bertz CT molecular complexity index is 854. The number of nitrogens with zero attached hydrogens (tertiary/aromatic N) is 1. The molecule has 128 valence electrons. The molecule has 0 bridgehead atoms. The number of imidazole rings is 1. The normalized spacial score (nSPS) is 16.7. The van der Waals surface area contributed by atoms with Crippen LogP contribution in [0.5, 0.6) is 5.75 Å². The summed E-state index contributed by atoms with van der Waals surface area (Å²) in [5, 5.41) is 3.16. The van der Waals surface area contributed by atoms with E-state index >= 15 is 0 Å². The van der Waals surface area contributed by atoms with E-state index in [1.165, 1.54) is 0 Å². The summed E-state index contributed by atoms with van der Waals surface area (Å²) in [6, 6.07) is 15.9. The second-order valence-corrected chi connectivity index (χ2v) is 6.35. The van der Waals surface area contributed by atoms with Crippen LogP contribution >= 0.6 is 0 Å². The maximum absolute atomic E-state index is 12.4. The number of ether oxygens (including phenoxy) is 1. The lowest BCUT2D eigenvalue weighted by molar-refractivity contribution is -0.121. The molecule has 2 N–H and O–H groups in total. The van der Waals surface area contributed by atoms with Crippen molar-refractivity contribution in [3.63, 3.8) is 0 Å². The van der Waals surface area contributed by atoms with Crippen LogP contribution in [-0.2, 0) is 11.2 Å². The van der Waals surface area contributed by atoms with Crippen molar-refractivity contribution in [2.24, 2.45) is 0 Å². The maximum Gasteiger partial charge on any atom is 0.220 e. The van der Waals surface area contributed by atoms with Gasteiger partial charge in [0, 0.05) is 18.4 Å². The van der Waals surface area contributed by atoms with E-state index < -0.39 is 0 Å². The molecule has 5 nitrogen and oxygen atoms in total. The van der Waals surface area contributed by atoms with Crippen LogP contribution in [0.1, 0.15) is 36.7 Å². The third-order valence-electron chi connectivity index (χ3n) is 4.55. The monoisotopic (exact) mass is 335 g/mol. The van der Waals surface area contributed by atoms with Crippen LogP contribution in [0.15, 0.2) is 48.5 Å². The van der Waals surface area contributed by atoms with Gasteiger partial charge in [-0.2, -0.15) is 0 Å². The Morgan fingerprint density at radius 1 is 1.20 bits per heavy atom. The molecule has 0 fully saturated rings. The lowest BCUT2D eigenvalue weighted by atomic mass is 10.0. The molecule has 1 atom stereocenters. The number of aromatic amines is 1. The van der Waals surface area contributed by atoms with E-state index in [1.807, 2.05) is 48.5 Å². The molecule has 2 aromatic carbocycles. The highest BCUT2D eigenvalue weighted by molar-refractivity contribution is 5.77. The summed E-state index contributed by atoms with van der Waals surface area (Å²) in [4.78, 5) is 20.2. The van der Waals surface area contributed by atoms with Gasteiger partial charge >= 0.3 is 0 Å². The van der Waals surface area contributed by atoms with Gasteiger partial charge in [-0.3, -0.25) is 4.79 Å². The van der Waals surface area contributed by atoms with Gasteiger partial charge in [0.15, 0.2) is 0 Å². The Hall–Kier alpha value is -2.82. The number of aryl methyl sites for hydroxylation is 1. The summed E-state index contributed by atoms with van der Waals surface area (Å²) < 4.78 is 5.76. The molecule has 1 aromatic heterocycles. The Kier molecular flexibility index (Phi) is 4.37. The van der Waals surface area contributed by atoms with Crippen molar-refractivity contribution >= 4 is 16.9 Å². The molecule has 3 aromatic rings. The van der Waals surface area contributed by atoms with Crippen molar-refractivity contribution in [1.29, 1.82) is 0 Å². The van der Waals surface area contributed by atoms with E-state index in [4.69, 9.17) is 4.74 Å². The molecule has 2 heterocycles. The van der Waals surface area contributed by atoms with E-state index in [1.54, 1.807) is 0 Å². The lowest BCUT2D eigenvalue weighted by Gasteiger charge is -2.18. The highest BCUT2D eigenvalue weighted by Gasteiger charge is 2.21. The second-order valence-electron chi connectivity index (χ2n) is 6.35. The molecule has 1 amide bonds. The molecular weight excluding hydrogens is 314 g/mol. The van der Waals surface area contributed by atoms with Gasteiger partial charge in [-0.15, -0.1) is 0 Å². The van der Waals surface area contributed by atoms with Crippen molar-refractivity contribution in [2.45, 2.75) is 31.7 Å². The van der Waals surface area contributed by atoms with Gasteiger partial charge in [0.05, 0.1) is 23.7 Å². The molecule has 0 saturated heterocycles. The minimum absolute atomic E-state index is 0.0156. The molecule has 1 aliphatic rings. The number of carbonyl (C=O) groups excluding carboxylic acids is 1. The molecule has 0 unspecified atom stereocenters. The van der Waals surface area contributed by atoms with Crippen LogP contribution in [-0.4, -0.2) is 22.5 Å². The van der Waals surface area contributed by atoms with Crippen LogP contribution in [0.2, 0.25) is 0 Å². The van der Waals surface area contributed by atoms with Crippen molar-refractivity contribution in [1.82, 2.24) is 15.3 Å². The number of hydrogen-bond acceptors (Lipinski definition) is 3. The van der Waals surface area contributed by atoms with E-state index in [0.717, 1.165) is 41.0 Å². The first kappa shape index (κ1) is 15.7. The number of nitrogens with one attached hydrogen (secondary N) is 2. The minimum atomic E-state index is 0.0156. The van der Waals surface area contributed by atoms with E-state index in [0.29, 0.717) is 19.4 Å². The van der Waals surface area contributed by atoms with Gasteiger partial charge in [-0.25, -0.2) is 4.98 Å². The average Bonchev–Trinajstić information content (AvgIpc) is 2.95. The van der Waals surface area contributed by atoms with Crippen LogP contribution in [0.3, 0.4) is 0 Å². The number of amides is 1. The molecule has 25 heavy (non-hydrogen) atoms. The van der Waals surface area contributed by atoms with Crippen LogP contribution in [0.4, 0.5) is 0 Å². The van der Waals surface area contributed by atoms with E-state index in [-0.39, 0.29) is 11.9 Å². The predicted octanol–water partition coefficient (Wildman–Crippen LogP) is 3.53. The van der Waals surface area contributed by atoms with E-state index in [2.05, 4.69) is 15.3 Å². The fraction of sp³-hybridized carbons (Fsp3) is 0.300. The van der Waals surface area contributed by atoms with Gasteiger partial charge in [-0.1, -0.05) is 30.3 Å². The average molecular weight is 335 g/mol. The maximum atomic E-state index is 12.4.